The third-order valence-corrected chi connectivity index (χ3v) is 5.92. The number of hydrogen-bond acceptors (Lipinski definition) is 7. The molecule has 4 rings (SSSR count). The number of benzene rings is 1. The molecule has 0 radical (unpaired) electrons. The molecule has 1 fully saturated rings. The van der Waals surface area contributed by atoms with E-state index in [0.29, 0.717) is 29.8 Å². The summed E-state index contributed by atoms with van der Waals surface area (Å²) in [6.07, 6.45) is 6.63. The Morgan fingerprint density at radius 2 is 1.85 bits per heavy atom. The quantitative estimate of drug-likeness (QED) is 0.533. The van der Waals surface area contributed by atoms with Gasteiger partial charge in [0.15, 0.2) is 0 Å². The van der Waals surface area contributed by atoms with Crippen LogP contribution in [-0.4, -0.2) is 62.6 Å². The van der Waals surface area contributed by atoms with Gasteiger partial charge in [-0.05, 0) is 49.9 Å². The van der Waals surface area contributed by atoms with Crippen molar-refractivity contribution in [3.8, 4) is 11.6 Å². The molecule has 0 N–H and O–H groups in total. The zero-order valence-electron chi connectivity index (χ0n) is 19.0. The molecule has 1 aliphatic heterocycles. The van der Waals surface area contributed by atoms with E-state index in [2.05, 4.69) is 15.2 Å². The van der Waals surface area contributed by atoms with Crippen LogP contribution in [0.5, 0.6) is 5.88 Å². The summed E-state index contributed by atoms with van der Waals surface area (Å²) in [5.74, 6) is -0.353. The number of carbonyl (C=O) groups excluding carboxylic acids is 2. The number of nitrogens with zero attached hydrogens (tertiary/aromatic N) is 5. The van der Waals surface area contributed by atoms with Crippen LogP contribution >= 0.6 is 0 Å². The van der Waals surface area contributed by atoms with E-state index in [-0.39, 0.29) is 23.9 Å². The van der Waals surface area contributed by atoms with Crippen molar-refractivity contribution in [2.45, 2.75) is 45.3 Å². The first kappa shape index (κ1) is 22.4. The lowest BCUT2D eigenvalue weighted by Crippen LogP contribution is -2.49. The van der Waals surface area contributed by atoms with Gasteiger partial charge >= 0.3 is 5.97 Å². The van der Waals surface area contributed by atoms with Crippen molar-refractivity contribution in [3.63, 3.8) is 0 Å². The van der Waals surface area contributed by atoms with Crippen LogP contribution in [0.15, 0.2) is 48.9 Å². The van der Waals surface area contributed by atoms with Gasteiger partial charge in [-0.2, -0.15) is 15.0 Å². The van der Waals surface area contributed by atoms with E-state index >= 15 is 0 Å². The van der Waals surface area contributed by atoms with Crippen LogP contribution in [-0.2, 0) is 11.2 Å². The molecule has 2 unspecified atom stereocenters. The van der Waals surface area contributed by atoms with Crippen molar-refractivity contribution < 1.29 is 19.1 Å². The lowest BCUT2D eigenvalue weighted by molar-refractivity contribution is 0.0358. The summed E-state index contributed by atoms with van der Waals surface area (Å²) < 4.78 is 11.1. The van der Waals surface area contributed by atoms with Crippen LogP contribution in [0, 0.1) is 0 Å². The molecule has 33 heavy (non-hydrogen) atoms. The molecule has 0 saturated carbocycles. The maximum Gasteiger partial charge on any atom is 0.343 e. The molecular formula is C24H27N5O4. The van der Waals surface area contributed by atoms with Gasteiger partial charge in [0.25, 0.3) is 5.91 Å². The number of piperidine rings is 1. The highest BCUT2D eigenvalue weighted by atomic mass is 16.5. The topological polar surface area (TPSA) is 99.4 Å². The first-order valence-corrected chi connectivity index (χ1v) is 11.0. The normalized spacial score (nSPS) is 18.1. The van der Waals surface area contributed by atoms with Crippen LogP contribution in [0.1, 0.15) is 53.0 Å². The Balaban J connectivity index is 1.58. The third-order valence-electron chi connectivity index (χ3n) is 5.92. The molecule has 3 aromatic rings. The Labute approximate surface area is 192 Å². The van der Waals surface area contributed by atoms with Crippen molar-refractivity contribution in [1.29, 1.82) is 0 Å². The van der Waals surface area contributed by atoms with Crippen LogP contribution in [0.2, 0.25) is 0 Å². The molecular weight excluding hydrogens is 422 g/mol. The Kier molecular flexibility index (Phi) is 6.67. The summed E-state index contributed by atoms with van der Waals surface area (Å²) >= 11 is 0. The zero-order chi connectivity index (χ0) is 23.4. The lowest BCUT2D eigenvalue weighted by Gasteiger charge is -2.38. The Hall–Kier alpha value is -3.75. The number of carbonyl (C=O) groups is 2. The van der Waals surface area contributed by atoms with Gasteiger partial charge in [-0.3, -0.25) is 4.79 Å². The second kappa shape index (κ2) is 9.81. The number of amides is 1. The molecule has 1 aliphatic rings. The number of esters is 1. The molecule has 0 aliphatic carbocycles. The fourth-order valence-corrected chi connectivity index (χ4v) is 4.12. The van der Waals surface area contributed by atoms with Crippen molar-refractivity contribution >= 4 is 11.9 Å². The van der Waals surface area contributed by atoms with Crippen molar-refractivity contribution in [3.05, 3.63) is 65.6 Å². The molecule has 1 aromatic carbocycles. The highest BCUT2D eigenvalue weighted by Gasteiger charge is 2.33. The number of ether oxygens (including phenoxy) is 2. The summed E-state index contributed by atoms with van der Waals surface area (Å²) in [7, 11) is 1.34. The lowest BCUT2D eigenvalue weighted by atomic mass is 9.99. The second-order valence-corrected chi connectivity index (χ2v) is 7.95. The predicted molar refractivity (Wildman–Crippen MR) is 120 cm³/mol. The number of aromatic nitrogens is 4. The predicted octanol–water partition coefficient (Wildman–Crippen LogP) is 3.08. The van der Waals surface area contributed by atoms with Gasteiger partial charge in [-0.25, -0.2) is 9.78 Å². The number of rotatable bonds is 6. The number of likely N-dealkylation sites (tertiary alicyclic amines) is 1. The van der Waals surface area contributed by atoms with E-state index in [0.717, 1.165) is 18.4 Å². The summed E-state index contributed by atoms with van der Waals surface area (Å²) in [6.45, 7) is 4.36. The smallest absolute Gasteiger partial charge is 0.343 e. The summed E-state index contributed by atoms with van der Waals surface area (Å²) in [4.78, 5) is 33.5. The van der Waals surface area contributed by atoms with Crippen molar-refractivity contribution in [1.82, 2.24) is 24.9 Å². The van der Waals surface area contributed by atoms with Gasteiger partial charge < -0.3 is 14.4 Å². The van der Waals surface area contributed by atoms with E-state index < -0.39 is 5.97 Å². The standard InChI is InChI=1S/C24H27N5O4/c1-4-17-11-12-25-22(21(17)24(31)32-3)33-18-10-9-16(2)28(15-18)23(30)19-7-5-6-8-20(19)29-26-13-14-27-29/h5-8,11-14,16,18H,4,9-10,15H2,1-3H3. The Morgan fingerprint density at radius 3 is 2.58 bits per heavy atom. The van der Waals surface area contributed by atoms with E-state index in [4.69, 9.17) is 9.47 Å². The number of pyridine rings is 1. The van der Waals surface area contributed by atoms with Gasteiger partial charge in [0.05, 0.1) is 37.3 Å². The SMILES string of the molecule is CCc1ccnc(OC2CCC(C)N(C(=O)c3ccccc3-n3nccn3)C2)c1C(=O)OC. The molecule has 1 amide bonds. The minimum Gasteiger partial charge on any atom is -0.472 e. The number of aryl methyl sites for hydroxylation is 1. The zero-order valence-corrected chi connectivity index (χ0v) is 19.0. The maximum atomic E-state index is 13.6. The molecule has 0 bridgehead atoms. The summed E-state index contributed by atoms with van der Waals surface area (Å²) in [5, 5.41) is 8.35. The van der Waals surface area contributed by atoms with Crippen LogP contribution in [0.3, 0.4) is 0 Å². The average molecular weight is 450 g/mol. The fourth-order valence-electron chi connectivity index (χ4n) is 4.12. The van der Waals surface area contributed by atoms with Crippen molar-refractivity contribution in [2.75, 3.05) is 13.7 Å². The van der Waals surface area contributed by atoms with E-state index in [9.17, 15) is 9.59 Å². The maximum absolute atomic E-state index is 13.6. The molecule has 1 saturated heterocycles. The number of para-hydroxylation sites is 1. The van der Waals surface area contributed by atoms with Gasteiger partial charge in [0.2, 0.25) is 5.88 Å². The first-order chi connectivity index (χ1) is 16.0. The molecule has 9 nitrogen and oxygen atoms in total. The summed E-state index contributed by atoms with van der Waals surface area (Å²) in [5.41, 5.74) is 2.29. The summed E-state index contributed by atoms with van der Waals surface area (Å²) in [6, 6.07) is 9.09. The molecule has 9 heteroatoms. The monoisotopic (exact) mass is 449 g/mol. The van der Waals surface area contributed by atoms with Gasteiger partial charge in [-0.15, -0.1) is 0 Å². The molecule has 2 atom stereocenters. The molecule has 2 aromatic heterocycles. The minimum atomic E-state index is -0.479. The van der Waals surface area contributed by atoms with Crippen LogP contribution in [0.4, 0.5) is 0 Å². The second-order valence-electron chi connectivity index (χ2n) is 7.95. The number of hydrogen-bond donors (Lipinski definition) is 0. The van der Waals surface area contributed by atoms with Gasteiger partial charge in [0.1, 0.15) is 11.7 Å². The first-order valence-electron chi connectivity index (χ1n) is 11.0. The van der Waals surface area contributed by atoms with Gasteiger partial charge in [-0.1, -0.05) is 19.1 Å². The molecule has 172 valence electrons. The van der Waals surface area contributed by atoms with Crippen LogP contribution in [0.25, 0.3) is 5.69 Å². The largest absolute Gasteiger partial charge is 0.472 e. The average Bonchev–Trinajstić information content (AvgIpc) is 3.39. The van der Waals surface area contributed by atoms with E-state index in [1.165, 1.54) is 11.9 Å². The third kappa shape index (κ3) is 4.57. The van der Waals surface area contributed by atoms with Crippen LogP contribution < -0.4 is 4.74 Å². The van der Waals surface area contributed by atoms with Crippen molar-refractivity contribution in [2.24, 2.45) is 0 Å². The fraction of sp³-hybridized carbons (Fsp3) is 0.375. The number of methoxy groups -OCH3 is 1. The van der Waals surface area contributed by atoms with E-state index in [1.54, 1.807) is 35.6 Å². The highest BCUT2D eigenvalue weighted by Crippen LogP contribution is 2.28. The molecule has 0 spiro atoms. The van der Waals surface area contributed by atoms with Gasteiger partial charge in [0, 0.05) is 12.2 Å². The minimum absolute atomic E-state index is 0.0333. The Morgan fingerprint density at radius 1 is 1.09 bits per heavy atom. The Bertz CT molecular complexity index is 1130. The van der Waals surface area contributed by atoms with E-state index in [1.807, 2.05) is 32.0 Å². The molecule has 3 heterocycles. The highest BCUT2D eigenvalue weighted by molar-refractivity contribution is 5.98.